The maximum atomic E-state index is 13.4. The van der Waals surface area contributed by atoms with Crippen LogP contribution in [0.5, 0.6) is 0 Å². The Morgan fingerprint density at radius 1 is 1.07 bits per heavy atom. The third kappa shape index (κ3) is 1.95. The van der Waals surface area contributed by atoms with Gasteiger partial charge in [-0.25, -0.2) is 4.39 Å². The van der Waals surface area contributed by atoms with E-state index >= 15 is 0 Å². The molecule has 0 amide bonds. The first-order valence-electron chi connectivity index (χ1n) is 4.19. The Balaban J connectivity index is 2.50. The molecule has 0 atom stereocenters. The fourth-order valence-electron chi connectivity index (χ4n) is 1.27. The van der Waals surface area contributed by atoms with E-state index in [-0.39, 0.29) is 5.82 Å². The van der Waals surface area contributed by atoms with Gasteiger partial charge in [-0.1, -0.05) is 24.3 Å². The van der Waals surface area contributed by atoms with Crippen molar-refractivity contribution >= 4 is 22.6 Å². The lowest BCUT2D eigenvalue weighted by atomic mass is 10.1. The van der Waals surface area contributed by atoms with Crippen molar-refractivity contribution in [2.24, 2.45) is 0 Å². The van der Waals surface area contributed by atoms with Gasteiger partial charge < -0.3 is 0 Å². The Morgan fingerprint density at radius 2 is 1.86 bits per heavy atom. The molecule has 2 heteroatoms. The summed E-state index contributed by atoms with van der Waals surface area (Å²) in [4.78, 5) is 0. The minimum Gasteiger partial charge on any atom is -0.206 e. The minimum absolute atomic E-state index is 0.192. The highest BCUT2D eigenvalue weighted by Gasteiger charge is 2.02. The van der Waals surface area contributed by atoms with Gasteiger partial charge in [-0.2, -0.15) is 0 Å². The highest BCUT2D eigenvalue weighted by molar-refractivity contribution is 14.1. The molecule has 0 heterocycles. The van der Waals surface area contributed by atoms with Crippen LogP contribution in [0, 0.1) is 15.5 Å². The molecule has 2 rings (SSSR count). The summed E-state index contributed by atoms with van der Waals surface area (Å²) >= 11 is 2.18. The highest BCUT2D eigenvalue weighted by atomic mass is 127. The highest BCUT2D eigenvalue weighted by Crippen LogP contribution is 2.22. The molecule has 69 valence electrons. The van der Waals surface area contributed by atoms with Gasteiger partial charge in [0.25, 0.3) is 0 Å². The van der Waals surface area contributed by atoms with Crippen LogP contribution in [-0.2, 0) is 0 Å². The molecule has 0 bridgehead atoms. The Hall–Kier alpha value is -0.900. The summed E-state index contributed by atoms with van der Waals surface area (Å²) in [6.07, 6.45) is 0. The van der Waals surface area contributed by atoms with Crippen molar-refractivity contribution in [3.05, 3.63) is 57.9 Å². The third-order valence-corrected chi connectivity index (χ3v) is 2.63. The molecule has 2 aromatic carbocycles. The van der Waals surface area contributed by atoms with E-state index in [0.29, 0.717) is 5.56 Å². The Morgan fingerprint density at radius 3 is 2.50 bits per heavy atom. The largest absolute Gasteiger partial charge is 0.206 e. The van der Waals surface area contributed by atoms with Gasteiger partial charge in [0.2, 0.25) is 0 Å². The molecule has 0 saturated heterocycles. The van der Waals surface area contributed by atoms with Gasteiger partial charge in [-0.3, -0.25) is 0 Å². The second-order valence-corrected chi connectivity index (χ2v) is 4.07. The Labute approximate surface area is 95.9 Å². The predicted octanol–water partition coefficient (Wildman–Crippen LogP) is 3.90. The lowest BCUT2D eigenvalue weighted by Gasteiger charge is -2.02. The molecule has 0 N–H and O–H groups in total. The van der Waals surface area contributed by atoms with Crippen molar-refractivity contribution in [3.63, 3.8) is 0 Å². The summed E-state index contributed by atoms with van der Waals surface area (Å²) in [6.45, 7) is 0. The third-order valence-electron chi connectivity index (χ3n) is 1.96. The first kappa shape index (κ1) is 9.65. The van der Waals surface area contributed by atoms with Crippen molar-refractivity contribution in [2.45, 2.75) is 0 Å². The first-order valence-corrected chi connectivity index (χ1v) is 5.27. The lowest BCUT2D eigenvalue weighted by molar-refractivity contribution is 0.631. The monoisotopic (exact) mass is 297 g/mol. The zero-order valence-corrected chi connectivity index (χ0v) is 9.45. The van der Waals surface area contributed by atoms with Gasteiger partial charge in [0, 0.05) is 9.13 Å². The van der Waals surface area contributed by atoms with E-state index in [1.807, 2.05) is 18.2 Å². The standard InChI is InChI=1S/C12H7FI/c13-12-4-2-1-3-11(12)9-5-7-10(14)8-6-9/h1-7H. The van der Waals surface area contributed by atoms with Crippen LogP contribution in [0.15, 0.2) is 42.5 Å². The van der Waals surface area contributed by atoms with E-state index in [0.717, 1.165) is 9.13 Å². The van der Waals surface area contributed by atoms with Gasteiger partial charge in [0.1, 0.15) is 5.82 Å². The van der Waals surface area contributed by atoms with Gasteiger partial charge in [0.05, 0.1) is 0 Å². The predicted molar refractivity (Wildman–Crippen MR) is 63.4 cm³/mol. The summed E-state index contributed by atoms with van der Waals surface area (Å²) in [5, 5.41) is 0. The molecule has 0 aliphatic carbocycles. The normalized spacial score (nSPS) is 10.1. The average Bonchev–Trinajstić information content (AvgIpc) is 2.20. The zero-order valence-electron chi connectivity index (χ0n) is 7.30. The van der Waals surface area contributed by atoms with Gasteiger partial charge >= 0.3 is 0 Å². The van der Waals surface area contributed by atoms with Crippen LogP contribution in [0.3, 0.4) is 0 Å². The van der Waals surface area contributed by atoms with E-state index in [9.17, 15) is 4.39 Å². The molecule has 0 aliphatic heterocycles. The quantitative estimate of drug-likeness (QED) is 0.700. The van der Waals surface area contributed by atoms with Crippen molar-refractivity contribution < 1.29 is 4.39 Å². The molecular weight excluding hydrogens is 290 g/mol. The fourth-order valence-corrected chi connectivity index (χ4v) is 1.60. The SMILES string of the molecule is Fc1ccccc1-c1c[c]c(I)cc1. The molecule has 0 fully saturated rings. The number of rotatable bonds is 1. The van der Waals surface area contributed by atoms with E-state index in [1.54, 1.807) is 18.2 Å². The van der Waals surface area contributed by atoms with Gasteiger partial charge in [-0.05, 0) is 52.4 Å². The minimum atomic E-state index is -0.192. The number of hydrogen-bond donors (Lipinski definition) is 0. The van der Waals surface area contributed by atoms with E-state index in [2.05, 4.69) is 28.7 Å². The van der Waals surface area contributed by atoms with Crippen LogP contribution < -0.4 is 0 Å². The van der Waals surface area contributed by atoms with Crippen LogP contribution in [0.2, 0.25) is 0 Å². The molecule has 0 saturated carbocycles. The second-order valence-electron chi connectivity index (χ2n) is 2.91. The molecule has 0 aromatic heterocycles. The molecule has 0 nitrogen and oxygen atoms in total. The van der Waals surface area contributed by atoms with Crippen LogP contribution >= 0.6 is 22.6 Å². The van der Waals surface area contributed by atoms with Gasteiger partial charge in [-0.15, -0.1) is 0 Å². The van der Waals surface area contributed by atoms with Crippen LogP contribution in [0.25, 0.3) is 11.1 Å². The summed E-state index contributed by atoms with van der Waals surface area (Å²) in [7, 11) is 0. The molecular formula is C12H7FI. The Bertz CT molecular complexity index is 434. The second kappa shape index (κ2) is 4.09. The topological polar surface area (TPSA) is 0 Å². The maximum Gasteiger partial charge on any atom is 0.131 e. The molecule has 14 heavy (non-hydrogen) atoms. The van der Waals surface area contributed by atoms with Gasteiger partial charge in [0.15, 0.2) is 0 Å². The zero-order chi connectivity index (χ0) is 9.97. The summed E-state index contributed by atoms with van der Waals surface area (Å²) in [5.41, 5.74) is 1.49. The molecule has 2 aromatic rings. The first-order chi connectivity index (χ1) is 6.77. The van der Waals surface area contributed by atoms with E-state index < -0.39 is 0 Å². The number of hydrogen-bond acceptors (Lipinski definition) is 0. The number of halogens is 2. The fraction of sp³-hybridized carbons (Fsp3) is 0. The smallest absolute Gasteiger partial charge is 0.131 e. The maximum absolute atomic E-state index is 13.4. The molecule has 1 radical (unpaired) electrons. The van der Waals surface area contributed by atoms with E-state index in [1.165, 1.54) is 6.07 Å². The molecule has 0 spiro atoms. The summed E-state index contributed by atoms with van der Waals surface area (Å²) in [6, 6.07) is 15.4. The van der Waals surface area contributed by atoms with Crippen LogP contribution in [0.4, 0.5) is 4.39 Å². The lowest BCUT2D eigenvalue weighted by Crippen LogP contribution is -1.83. The van der Waals surface area contributed by atoms with Crippen molar-refractivity contribution in [2.75, 3.05) is 0 Å². The van der Waals surface area contributed by atoms with Crippen LogP contribution in [0.1, 0.15) is 0 Å². The van der Waals surface area contributed by atoms with Crippen molar-refractivity contribution in [1.82, 2.24) is 0 Å². The van der Waals surface area contributed by atoms with Crippen molar-refractivity contribution in [1.29, 1.82) is 0 Å². The Kier molecular flexibility index (Phi) is 2.82. The van der Waals surface area contributed by atoms with Crippen LogP contribution in [-0.4, -0.2) is 0 Å². The number of benzene rings is 2. The average molecular weight is 297 g/mol. The summed E-state index contributed by atoms with van der Waals surface area (Å²) in [5.74, 6) is -0.192. The summed E-state index contributed by atoms with van der Waals surface area (Å²) < 4.78 is 14.4. The molecule has 0 unspecified atom stereocenters. The van der Waals surface area contributed by atoms with E-state index in [4.69, 9.17) is 0 Å². The molecule has 0 aliphatic rings. The van der Waals surface area contributed by atoms with Crippen molar-refractivity contribution in [3.8, 4) is 11.1 Å².